The van der Waals surface area contributed by atoms with Crippen LogP contribution in [0, 0.1) is 11.8 Å². The first-order valence-corrected chi connectivity index (χ1v) is 12.1. The predicted octanol–water partition coefficient (Wildman–Crippen LogP) is 1.46. The summed E-state index contributed by atoms with van der Waals surface area (Å²) in [6.07, 6.45) is 3.69. The number of fused-ring (bicyclic) bond motifs is 1. The number of amides is 2. The van der Waals surface area contributed by atoms with Crippen molar-refractivity contribution in [3.63, 3.8) is 0 Å². The SMILES string of the molecule is CC(C)CCN1Cc2ccc(C(=O)N(C)CCC3CCNCC3)cc2NC(CC(=O)[O-])C1=O. The standard InChI is InChI=1S/C25H38N4O4/c1-17(2)8-13-29-16-20-5-4-19(14-21(20)27-22(25(29)33)15-23(30)31)24(32)28(3)12-9-18-6-10-26-11-7-18/h4-5,14,17-18,22,26-27H,6-13,15-16H2,1-3H3,(H,30,31)/p-1. The van der Waals surface area contributed by atoms with Gasteiger partial charge in [0, 0.05) is 50.3 Å². The molecule has 1 unspecified atom stereocenters. The van der Waals surface area contributed by atoms with Crippen LogP contribution in [0.15, 0.2) is 18.2 Å². The van der Waals surface area contributed by atoms with Gasteiger partial charge in [-0.3, -0.25) is 9.59 Å². The fourth-order valence-electron chi connectivity index (χ4n) is 4.51. The summed E-state index contributed by atoms with van der Waals surface area (Å²) in [6.45, 7) is 7.90. The van der Waals surface area contributed by atoms with Crippen molar-refractivity contribution in [2.45, 2.75) is 58.5 Å². The quantitative estimate of drug-likeness (QED) is 0.582. The molecule has 0 saturated carbocycles. The molecule has 182 valence electrons. The van der Waals surface area contributed by atoms with Crippen LogP contribution in [0.2, 0.25) is 0 Å². The minimum absolute atomic E-state index is 0.0720. The molecule has 2 N–H and O–H groups in total. The Morgan fingerprint density at radius 1 is 1.24 bits per heavy atom. The highest BCUT2D eigenvalue weighted by molar-refractivity contribution is 5.96. The third-order valence-electron chi connectivity index (χ3n) is 6.68. The van der Waals surface area contributed by atoms with Crippen LogP contribution >= 0.6 is 0 Å². The molecule has 8 nitrogen and oxygen atoms in total. The molecule has 0 aromatic heterocycles. The lowest BCUT2D eigenvalue weighted by Gasteiger charge is -2.25. The molecule has 33 heavy (non-hydrogen) atoms. The second-order valence-corrected chi connectivity index (χ2v) is 9.80. The lowest BCUT2D eigenvalue weighted by molar-refractivity contribution is -0.305. The molecule has 2 aliphatic rings. The van der Waals surface area contributed by atoms with Crippen molar-refractivity contribution in [1.29, 1.82) is 0 Å². The van der Waals surface area contributed by atoms with Gasteiger partial charge < -0.3 is 30.3 Å². The average molecular weight is 458 g/mol. The van der Waals surface area contributed by atoms with E-state index >= 15 is 0 Å². The summed E-state index contributed by atoms with van der Waals surface area (Å²) in [5.41, 5.74) is 2.05. The van der Waals surface area contributed by atoms with Crippen molar-refractivity contribution < 1.29 is 19.5 Å². The number of nitrogens with one attached hydrogen (secondary N) is 2. The Morgan fingerprint density at radius 3 is 2.64 bits per heavy atom. The summed E-state index contributed by atoms with van der Waals surface area (Å²) in [4.78, 5) is 40.8. The molecule has 2 heterocycles. The third-order valence-corrected chi connectivity index (χ3v) is 6.68. The van der Waals surface area contributed by atoms with Gasteiger partial charge in [0.2, 0.25) is 5.91 Å². The number of hydrogen-bond acceptors (Lipinski definition) is 6. The molecule has 8 heteroatoms. The number of carbonyl (C=O) groups is 3. The zero-order chi connectivity index (χ0) is 24.0. The van der Waals surface area contributed by atoms with E-state index in [2.05, 4.69) is 24.5 Å². The highest BCUT2D eigenvalue weighted by atomic mass is 16.4. The molecule has 0 spiro atoms. The van der Waals surface area contributed by atoms with Gasteiger partial charge in [-0.2, -0.15) is 0 Å². The molecule has 1 saturated heterocycles. The molecule has 2 amide bonds. The van der Waals surface area contributed by atoms with Crippen LogP contribution in [0.1, 0.15) is 61.9 Å². The summed E-state index contributed by atoms with van der Waals surface area (Å²) < 4.78 is 0. The van der Waals surface area contributed by atoms with E-state index in [0.29, 0.717) is 42.7 Å². The highest BCUT2D eigenvalue weighted by Crippen LogP contribution is 2.27. The summed E-state index contributed by atoms with van der Waals surface area (Å²) in [7, 11) is 1.82. The average Bonchev–Trinajstić information content (AvgIpc) is 2.91. The first-order valence-electron chi connectivity index (χ1n) is 12.1. The van der Waals surface area contributed by atoms with Crippen molar-refractivity contribution >= 4 is 23.5 Å². The molecule has 3 rings (SSSR count). The smallest absolute Gasteiger partial charge is 0.253 e. The predicted molar refractivity (Wildman–Crippen MR) is 126 cm³/mol. The van der Waals surface area contributed by atoms with Gasteiger partial charge in [-0.05, 0) is 68.3 Å². The fourth-order valence-corrected chi connectivity index (χ4v) is 4.51. The van der Waals surface area contributed by atoms with Crippen LogP contribution in [0.25, 0.3) is 0 Å². The fraction of sp³-hybridized carbons (Fsp3) is 0.640. The monoisotopic (exact) mass is 457 g/mol. The first-order chi connectivity index (χ1) is 15.7. The van der Waals surface area contributed by atoms with Crippen molar-refractivity contribution in [3.8, 4) is 0 Å². The van der Waals surface area contributed by atoms with E-state index in [1.807, 2.05) is 13.1 Å². The van der Waals surface area contributed by atoms with Crippen LogP contribution in [0.5, 0.6) is 0 Å². The van der Waals surface area contributed by atoms with Gasteiger partial charge in [0.15, 0.2) is 0 Å². The Labute approximate surface area is 196 Å². The summed E-state index contributed by atoms with van der Waals surface area (Å²) in [5.74, 6) is -0.532. The van der Waals surface area contributed by atoms with Gasteiger partial charge in [-0.1, -0.05) is 19.9 Å². The zero-order valence-corrected chi connectivity index (χ0v) is 20.1. The Bertz CT molecular complexity index is 851. The second kappa shape index (κ2) is 11.5. The molecular weight excluding hydrogens is 420 g/mol. The lowest BCUT2D eigenvalue weighted by Crippen LogP contribution is -2.44. The minimum atomic E-state index is -1.28. The van der Waals surface area contributed by atoms with Crippen LogP contribution < -0.4 is 15.7 Å². The Balaban J connectivity index is 1.74. The van der Waals surface area contributed by atoms with Crippen LogP contribution in [0.3, 0.4) is 0 Å². The second-order valence-electron chi connectivity index (χ2n) is 9.80. The topological polar surface area (TPSA) is 105 Å². The van der Waals surface area contributed by atoms with E-state index in [0.717, 1.165) is 44.3 Å². The van der Waals surface area contributed by atoms with E-state index in [4.69, 9.17) is 0 Å². The highest BCUT2D eigenvalue weighted by Gasteiger charge is 2.30. The van der Waals surface area contributed by atoms with Crippen molar-refractivity contribution in [3.05, 3.63) is 29.3 Å². The molecule has 2 aliphatic heterocycles. The minimum Gasteiger partial charge on any atom is -0.550 e. The maximum absolute atomic E-state index is 13.1. The first kappa shape index (κ1) is 25.0. The van der Waals surface area contributed by atoms with Gasteiger partial charge in [-0.15, -0.1) is 0 Å². The molecule has 1 atom stereocenters. The molecule has 1 aromatic carbocycles. The number of anilines is 1. The molecular formula is C25H37N4O4-. The number of aliphatic carboxylic acids is 1. The van der Waals surface area contributed by atoms with Crippen molar-refractivity contribution in [1.82, 2.24) is 15.1 Å². The van der Waals surface area contributed by atoms with E-state index in [1.54, 1.807) is 21.9 Å². The van der Waals surface area contributed by atoms with Gasteiger partial charge in [0.1, 0.15) is 6.04 Å². The Kier molecular flexibility index (Phi) is 8.72. The normalized spacial score (nSPS) is 19.1. The van der Waals surface area contributed by atoms with Gasteiger partial charge >= 0.3 is 0 Å². The number of carbonyl (C=O) groups excluding carboxylic acids is 3. The van der Waals surface area contributed by atoms with Crippen LogP contribution in [0.4, 0.5) is 5.69 Å². The lowest BCUT2D eigenvalue weighted by atomic mass is 9.94. The van der Waals surface area contributed by atoms with E-state index in [-0.39, 0.29) is 11.8 Å². The molecule has 1 fully saturated rings. The number of piperidine rings is 1. The van der Waals surface area contributed by atoms with Crippen molar-refractivity contribution in [2.24, 2.45) is 11.8 Å². The molecule has 0 bridgehead atoms. The number of hydrogen-bond donors (Lipinski definition) is 2. The van der Waals surface area contributed by atoms with E-state index in [1.165, 1.54) is 0 Å². The number of nitrogens with zero attached hydrogens (tertiary/aromatic N) is 2. The summed E-state index contributed by atoms with van der Waals surface area (Å²) in [5, 5.41) is 17.7. The molecule has 0 aliphatic carbocycles. The number of rotatable bonds is 9. The molecule has 0 radical (unpaired) electrons. The summed E-state index contributed by atoms with van der Waals surface area (Å²) >= 11 is 0. The zero-order valence-electron chi connectivity index (χ0n) is 20.1. The van der Waals surface area contributed by atoms with Crippen molar-refractivity contribution in [2.75, 3.05) is 38.5 Å². The number of carboxylic acids is 1. The summed E-state index contributed by atoms with van der Waals surface area (Å²) in [6, 6.07) is 4.51. The number of benzene rings is 1. The van der Waals surface area contributed by atoms with E-state index < -0.39 is 18.4 Å². The van der Waals surface area contributed by atoms with Gasteiger partial charge in [0.25, 0.3) is 5.91 Å². The van der Waals surface area contributed by atoms with Crippen LogP contribution in [-0.4, -0.2) is 66.9 Å². The largest absolute Gasteiger partial charge is 0.550 e. The number of carboxylic acid groups (broad SMARTS) is 1. The third kappa shape index (κ3) is 6.93. The van der Waals surface area contributed by atoms with Gasteiger partial charge in [-0.25, -0.2) is 0 Å². The van der Waals surface area contributed by atoms with Gasteiger partial charge in [0.05, 0.1) is 0 Å². The maximum atomic E-state index is 13.1. The molecule has 1 aromatic rings. The van der Waals surface area contributed by atoms with E-state index in [9.17, 15) is 19.5 Å². The Morgan fingerprint density at radius 2 is 1.97 bits per heavy atom. The van der Waals surface area contributed by atoms with Crippen LogP contribution in [-0.2, 0) is 16.1 Å². The maximum Gasteiger partial charge on any atom is 0.253 e. The Hall–Kier alpha value is -2.61.